The number of hydrogen-bond acceptors (Lipinski definition) is 4. The van der Waals surface area contributed by atoms with Gasteiger partial charge in [-0.05, 0) is 18.8 Å². The third kappa shape index (κ3) is 2.54. The van der Waals surface area contributed by atoms with Gasteiger partial charge < -0.3 is 10.0 Å². The first-order valence-electron chi connectivity index (χ1n) is 5.97. The van der Waals surface area contributed by atoms with E-state index in [1.165, 1.54) is 0 Å². The fraction of sp³-hybridized carbons (Fsp3) is 0.583. The van der Waals surface area contributed by atoms with E-state index >= 15 is 0 Å². The summed E-state index contributed by atoms with van der Waals surface area (Å²) in [5.41, 5.74) is 0. The van der Waals surface area contributed by atoms with Crippen molar-refractivity contribution in [1.82, 2.24) is 9.97 Å². The van der Waals surface area contributed by atoms with Gasteiger partial charge in [-0.15, -0.1) is 0 Å². The molecular weight excluding hydrogens is 218 g/mol. The monoisotopic (exact) mass is 235 g/mol. The van der Waals surface area contributed by atoms with E-state index < -0.39 is 12.0 Å². The van der Waals surface area contributed by atoms with Gasteiger partial charge in [0.1, 0.15) is 11.9 Å². The lowest BCUT2D eigenvalue weighted by atomic mass is 9.89. The number of anilines is 1. The highest BCUT2D eigenvalue weighted by Crippen LogP contribution is 2.28. The van der Waals surface area contributed by atoms with E-state index in [9.17, 15) is 9.90 Å². The molecule has 0 aromatic carbocycles. The molecule has 5 heteroatoms. The Morgan fingerprint density at radius 2 is 2.41 bits per heavy atom. The van der Waals surface area contributed by atoms with E-state index in [0.717, 1.165) is 19.4 Å². The summed E-state index contributed by atoms with van der Waals surface area (Å²) < 4.78 is 0. The van der Waals surface area contributed by atoms with Crippen LogP contribution in [0.5, 0.6) is 0 Å². The lowest BCUT2D eigenvalue weighted by Gasteiger charge is -2.37. The molecule has 1 saturated heterocycles. The third-order valence-electron chi connectivity index (χ3n) is 3.42. The quantitative estimate of drug-likeness (QED) is 0.861. The first-order chi connectivity index (χ1) is 8.22. The zero-order valence-electron chi connectivity index (χ0n) is 9.91. The van der Waals surface area contributed by atoms with Gasteiger partial charge in [-0.3, -0.25) is 4.98 Å². The van der Waals surface area contributed by atoms with Crippen molar-refractivity contribution in [2.24, 2.45) is 5.92 Å². The van der Waals surface area contributed by atoms with Crippen LogP contribution in [-0.4, -0.2) is 33.6 Å². The number of carboxylic acids is 1. The average molecular weight is 235 g/mol. The lowest BCUT2D eigenvalue weighted by molar-refractivity contribution is -0.139. The second kappa shape index (κ2) is 5.12. The molecule has 0 amide bonds. The van der Waals surface area contributed by atoms with E-state index in [2.05, 4.69) is 16.9 Å². The summed E-state index contributed by atoms with van der Waals surface area (Å²) in [7, 11) is 0. The van der Waals surface area contributed by atoms with Crippen molar-refractivity contribution in [3.8, 4) is 0 Å². The molecule has 0 spiro atoms. The summed E-state index contributed by atoms with van der Waals surface area (Å²) in [6, 6.07) is -0.467. The van der Waals surface area contributed by atoms with Gasteiger partial charge in [-0.1, -0.05) is 13.3 Å². The first kappa shape index (κ1) is 11.8. The second-order valence-electron chi connectivity index (χ2n) is 4.41. The van der Waals surface area contributed by atoms with Gasteiger partial charge in [-0.25, -0.2) is 9.78 Å². The van der Waals surface area contributed by atoms with Crippen LogP contribution in [0.15, 0.2) is 18.6 Å². The minimum Gasteiger partial charge on any atom is -0.480 e. The molecule has 2 heterocycles. The maximum Gasteiger partial charge on any atom is 0.326 e. The van der Waals surface area contributed by atoms with E-state index in [1.807, 2.05) is 4.90 Å². The normalized spacial score (nSPS) is 24.6. The summed E-state index contributed by atoms with van der Waals surface area (Å²) >= 11 is 0. The maximum absolute atomic E-state index is 11.3. The molecule has 0 bridgehead atoms. The Morgan fingerprint density at radius 3 is 3.00 bits per heavy atom. The minimum atomic E-state index is -0.770. The van der Waals surface area contributed by atoms with Crippen LogP contribution in [0.2, 0.25) is 0 Å². The van der Waals surface area contributed by atoms with Crippen LogP contribution in [0, 0.1) is 5.92 Å². The molecule has 2 atom stereocenters. The molecule has 5 nitrogen and oxygen atoms in total. The third-order valence-corrected chi connectivity index (χ3v) is 3.42. The van der Waals surface area contributed by atoms with Crippen molar-refractivity contribution in [3.63, 3.8) is 0 Å². The van der Waals surface area contributed by atoms with E-state index in [1.54, 1.807) is 18.6 Å². The summed E-state index contributed by atoms with van der Waals surface area (Å²) in [6.45, 7) is 2.86. The van der Waals surface area contributed by atoms with Gasteiger partial charge in [0, 0.05) is 18.9 Å². The van der Waals surface area contributed by atoms with Crippen molar-refractivity contribution in [2.45, 2.75) is 32.2 Å². The number of aromatic nitrogens is 2. The number of nitrogens with zero attached hydrogens (tertiary/aromatic N) is 3. The molecule has 2 unspecified atom stereocenters. The van der Waals surface area contributed by atoms with Crippen molar-refractivity contribution >= 4 is 11.8 Å². The van der Waals surface area contributed by atoms with Gasteiger partial charge in [0.2, 0.25) is 0 Å². The van der Waals surface area contributed by atoms with Gasteiger partial charge in [0.15, 0.2) is 0 Å². The molecule has 17 heavy (non-hydrogen) atoms. The minimum absolute atomic E-state index is 0.467. The molecule has 1 aliphatic rings. The van der Waals surface area contributed by atoms with Crippen LogP contribution >= 0.6 is 0 Å². The fourth-order valence-electron chi connectivity index (χ4n) is 2.36. The van der Waals surface area contributed by atoms with Crippen LogP contribution in [0.25, 0.3) is 0 Å². The van der Waals surface area contributed by atoms with E-state index in [4.69, 9.17) is 0 Å². The smallest absolute Gasteiger partial charge is 0.326 e. The molecule has 1 aliphatic heterocycles. The number of hydrogen-bond donors (Lipinski definition) is 1. The molecule has 1 fully saturated rings. The van der Waals surface area contributed by atoms with E-state index in [0.29, 0.717) is 18.2 Å². The number of piperidine rings is 1. The van der Waals surface area contributed by atoms with Crippen molar-refractivity contribution in [1.29, 1.82) is 0 Å². The first-order valence-corrected chi connectivity index (χ1v) is 5.97. The Hall–Kier alpha value is -1.65. The van der Waals surface area contributed by atoms with E-state index in [-0.39, 0.29) is 0 Å². The Balaban J connectivity index is 2.19. The highest BCUT2D eigenvalue weighted by atomic mass is 16.4. The highest BCUT2D eigenvalue weighted by molar-refractivity contribution is 5.77. The number of aliphatic carboxylic acids is 1. The van der Waals surface area contributed by atoms with Gasteiger partial charge in [-0.2, -0.15) is 0 Å². The molecule has 1 aromatic heterocycles. The number of rotatable bonds is 3. The average Bonchev–Trinajstić information content (AvgIpc) is 2.39. The SMILES string of the molecule is CCC1CCN(c2cnccn2)C(C(=O)O)C1. The zero-order valence-corrected chi connectivity index (χ0v) is 9.91. The van der Waals surface area contributed by atoms with Crippen molar-refractivity contribution < 1.29 is 9.90 Å². The molecule has 0 radical (unpaired) electrons. The van der Waals surface area contributed by atoms with Gasteiger partial charge in [0.05, 0.1) is 6.20 Å². The van der Waals surface area contributed by atoms with Gasteiger partial charge >= 0.3 is 5.97 Å². The molecule has 0 saturated carbocycles. The Labute approximate surface area is 100 Å². The Morgan fingerprint density at radius 1 is 1.59 bits per heavy atom. The predicted octanol–water partition coefficient (Wildman–Crippen LogP) is 1.56. The molecule has 92 valence electrons. The molecule has 1 N–H and O–H groups in total. The Bertz CT molecular complexity index is 383. The van der Waals surface area contributed by atoms with Crippen LogP contribution in [0.3, 0.4) is 0 Å². The summed E-state index contributed by atoms with van der Waals surface area (Å²) in [5, 5.41) is 9.29. The summed E-state index contributed by atoms with van der Waals surface area (Å²) in [4.78, 5) is 21.3. The summed E-state index contributed by atoms with van der Waals surface area (Å²) in [6.07, 6.45) is 7.58. The summed E-state index contributed by atoms with van der Waals surface area (Å²) in [5.74, 6) is 0.396. The van der Waals surface area contributed by atoms with Crippen LogP contribution in [-0.2, 0) is 4.79 Å². The zero-order chi connectivity index (χ0) is 12.3. The van der Waals surface area contributed by atoms with Crippen LogP contribution in [0.4, 0.5) is 5.82 Å². The largest absolute Gasteiger partial charge is 0.480 e. The number of carboxylic acid groups (broad SMARTS) is 1. The molecule has 2 rings (SSSR count). The Kier molecular flexibility index (Phi) is 3.56. The van der Waals surface area contributed by atoms with Crippen molar-refractivity contribution in [3.05, 3.63) is 18.6 Å². The maximum atomic E-state index is 11.3. The predicted molar refractivity (Wildman–Crippen MR) is 63.8 cm³/mol. The molecule has 1 aromatic rings. The highest BCUT2D eigenvalue weighted by Gasteiger charge is 2.33. The number of carbonyl (C=O) groups is 1. The standard InChI is InChI=1S/C12H17N3O2/c1-2-9-3-6-15(10(7-9)12(16)17)11-8-13-4-5-14-11/h4-5,8-10H,2-3,6-7H2,1H3,(H,16,17). The fourth-order valence-corrected chi connectivity index (χ4v) is 2.36. The topological polar surface area (TPSA) is 66.3 Å². The van der Waals surface area contributed by atoms with Crippen LogP contribution < -0.4 is 4.90 Å². The molecule has 0 aliphatic carbocycles. The molecular formula is C12H17N3O2. The van der Waals surface area contributed by atoms with Crippen molar-refractivity contribution in [2.75, 3.05) is 11.4 Å². The van der Waals surface area contributed by atoms with Gasteiger partial charge in [0.25, 0.3) is 0 Å². The van der Waals surface area contributed by atoms with Crippen LogP contribution in [0.1, 0.15) is 26.2 Å². The second-order valence-corrected chi connectivity index (χ2v) is 4.41. The lowest BCUT2D eigenvalue weighted by Crippen LogP contribution is -2.47.